The van der Waals surface area contributed by atoms with Gasteiger partial charge in [0.25, 0.3) is 0 Å². The molecule has 0 spiro atoms. The molecule has 4 N–H and O–H groups in total. The Bertz CT molecular complexity index is 2760. The topological polar surface area (TPSA) is 120 Å². The molecule has 0 aromatic heterocycles. The zero-order chi connectivity index (χ0) is 54.0. The molecule has 2 atom stereocenters. The maximum atomic E-state index is 10.5. The normalized spacial score (nSPS) is 11.9. The molecule has 0 bridgehead atoms. The Morgan fingerprint density at radius 1 is 0.346 bits per heavy atom. The first-order chi connectivity index (χ1) is 38.4. The lowest BCUT2D eigenvalue weighted by molar-refractivity contribution is 0.267. The van der Waals surface area contributed by atoms with Crippen LogP contribution in [0.1, 0.15) is 95.2 Å². The molecule has 0 saturated heterocycles. The lowest BCUT2D eigenvalue weighted by Gasteiger charge is -2.20. The van der Waals surface area contributed by atoms with Crippen molar-refractivity contribution >= 4 is 0 Å². The van der Waals surface area contributed by atoms with Crippen molar-refractivity contribution in [3.05, 3.63) is 250 Å². The molecule has 0 radical (unpaired) electrons. The summed E-state index contributed by atoms with van der Waals surface area (Å²) in [5, 5.41) is 28.3. The van der Waals surface area contributed by atoms with Gasteiger partial charge in [0, 0.05) is 48.4 Å². The third-order valence-electron chi connectivity index (χ3n) is 13.6. The van der Waals surface area contributed by atoms with Gasteiger partial charge in [-0.15, -0.1) is 0 Å². The highest BCUT2D eigenvalue weighted by atomic mass is 16.5. The quantitative estimate of drug-likeness (QED) is 0.0296. The van der Waals surface area contributed by atoms with Gasteiger partial charge in [-0.2, -0.15) is 0 Å². The zero-order valence-electron chi connectivity index (χ0n) is 45.3. The summed E-state index contributed by atoms with van der Waals surface area (Å²) in [6.07, 6.45) is 5.77. The number of hydrogen-bond acceptors (Lipinski definition) is 10. The molecule has 406 valence electrons. The Morgan fingerprint density at radius 3 is 1.01 bits per heavy atom. The van der Waals surface area contributed by atoms with Crippen molar-refractivity contribution in [1.82, 2.24) is 10.6 Å². The van der Waals surface area contributed by atoms with Gasteiger partial charge >= 0.3 is 0 Å². The van der Waals surface area contributed by atoms with Crippen LogP contribution in [0.15, 0.2) is 194 Å². The average Bonchev–Trinajstić information content (AvgIpc) is 3.52. The lowest BCUT2D eigenvalue weighted by atomic mass is 10.0. The van der Waals surface area contributed by atoms with E-state index in [-0.39, 0.29) is 25.3 Å². The van der Waals surface area contributed by atoms with Gasteiger partial charge in [-0.25, -0.2) is 0 Å². The monoisotopic (exact) mass is 1050 g/mol. The number of ether oxygens (including phenoxy) is 6. The summed E-state index contributed by atoms with van der Waals surface area (Å²) in [6.45, 7) is 8.18. The van der Waals surface area contributed by atoms with E-state index >= 15 is 0 Å². The van der Waals surface area contributed by atoms with Crippen molar-refractivity contribution in [2.45, 2.75) is 117 Å². The van der Waals surface area contributed by atoms with Crippen LogP contribution < -0.4 is 39.1 Å². The fourth-order valence-corrected chi connectivity index (χ4v) is 9.20. The minimum absolute atomic E-state index is 0.128. The van der Waals surface area contributed by atoms with Gasteiger partial charge in [0.2, 0.25) is 0 Å². The standard InChI is InChI=1S/C68H76N2O8/c1-51(69-43-65-59(45-71)39-63(75-47-55-19-9-5-10-20-55)41-67(65)77-49-57-23-13-7-14-24-57)37-53-27-31-61(32-28-53)73-35-17-3-4-18-36-74-62-33-29-54(30-34-62)38-52(2)70-44-66-60(46-72)40-64(76-48-56-21-11-6-12-22-56)42-68(66)78-50-58-25-15-8-16-26-58/h5-16,19-34,39-42,51-52,69-72H,3-4,17-18,35-38,43-50H2,1-2H3/t51-,52-/m1/s1. The van der Waals surface area contributed by atoms with Gasteiger partial charge in [-0.05, 0) is 133 Å². The summed E-state index contributed by atoms with van der Waals surface area (Å²) in [5.74, 6) is 4.47. The minimum atomic E-state index is -0.128. The van der Waals surface area contributed by atoms with Crippen LogP contribution in [0.4, 0.5) is 0 Å². The van der Waals surface area contributed by atoms with Gasteiger partial charge in [-0.3, -0.25) is 0 Å². The summed E-state index contributed by atoms with van der Waals surface area (Å²) in [5.41, 5.74) is 10.1. The highest BCUT2D eigenvalue weighted by molar-refractivity contribution is 5.48. The number of rotatable bonds is 33. The zero-order valence-corrected chi connectivity index (χ0v) is 45.3. The molecule has 0 aliphatic heterocycles. The van der Waals surface area contributed by atoms with E-state index in [0.29, 0.717) is 75.7 Å². The van der Waals surface area contributed by atoms with Crippen molar-refractivity contribution in [3.8, 4) is 34.5 Å². The molecule has 8 rings (SSSR count). The molecule has 10 nitrogen and oxygen atoms in total. The molecule has 0 unspecified atom stereocenters. The van der Waals surface area contributed by atoms with Gasteiger partial charge < -0.3 is 49.3 Å². The van der Waals surface area contributed by atoms with E-state index in [9.17, 15) is 10.2 Å². The third-order valence-corrected chi connectivity index (χ3v) is 13.6. The summed E-state index contributed by atoms with van der Waals surface area (Å²) in [4.78, 5) is 0. The molecular formula is C68H76N2O8. The maximum Gasteiger partial charge on any atom is 0.128 e. The molecule has 0 fully saturated rings. The second-order valence-corrected chi connectivity index (χ2v) is 19.9. The van der Waals surface area contributed by atoms with Crippen LogP contribution >= 0.6 is 0 Å². The molecular weight excluding hydrogens is 973 g/mol. The van der Waals surface area contributed by atoms with Crippen LogP contribution in [0.5, 0.6) is 34.5 Å². The molecule has 0 aliphatic rings. The third kappa shape index (κ3) is 18.6. The van der Waals surface area contributed by atoms with Crippen molar-refractivity contribution in [2.75, 3.05) is 13.2 Å². The molecule has 78 heavy (non-hydrogen) atoms. The first kappa shape index (κ1) is 56.6. The maximum absolute atomic E-state index is 10.5. The van der Waals surface area contributed by atoms with Gasteiger partial charge in [0.05, 0.1) is 26.4 Å². The van der Waals surface area contributed by atoms with Crippen LogP contribution in [0.2, 0.25) is 0 Å². The number of benzene rings is 8. The van der Waals surface area contributed by atoms with Crippen LogP contribution in [0.3, 0.4) is 0 Å². The second kappa shape index (κ2) is 31.0. The molecule has 8 aromatic rings. The van der Waals surface area contributed by atoms with Crippen molar-refractivity contribution in [3.63, 3.8) is 0 Å². The van der Waals surface area contributed by atoms with Crippen LogP contribution in [0.25, 0.3) is 0 Å². The Kier molecular flexibility index (Phi) is 22.5. The van der Waals surface area contributed by atoms with E-state index in [4.69, 9.17) is 28.4 Å². The fraction of sp³-hybridized carbons (Fsp3) is 0.294. The summed E-state index contributed by atoms with van der Waals surface area (Å²) in [7, 11) is 0. The fourth-order valence-electron chi connectivity index (χ4n) is 9.20. The number of aliphatic hydroxyl groups is 2. The van der Waals surface area contributed by atoms with Crippen LogP contribution in [-0.4, -0.2) is 35.5 Å². The molecule has 0 heterocycles. The highest BCUT2D eigenvalue weighted by Crippen LogP contribution is 2.33. The number of unbranched alkanes of at least 4 members (excludes halogenated alkanes) is 3. The first-order valence-corrected chi connectivity index (χ1v) is 27.5. The number of nitrogens with one attached hydrogen (secondary N) is 2. The van der Waals surface area contributed by atoms with Gasteiger partial charge in [0.1, 0.15) is 60.9 Å². The first-order valence-electron chi connectivity index (χ1n) is 27.5. The summed E-state index contributed by atoms with van der Waals surface area (Å²) < 4.78 is 37.4. The Labute approximate surface area is 461 Å². The SMILES string of the molecule is C[C@H](Cc1ccc(OCCCCCCOc2ccc(C[C@@H](C)NCc3c(CO)cc(OCc4ccccc4)cc3OCc3ccccc3)cc2)cc1)NCc1c(CO)cc(OCc2ccccc2)cc1OCc1ccccc1. The predicted molar refractivity (Wildman–Crippen MR) is 310 cm³/mol. The van der Waals surface area contributed by atoms with Crippen LogP contribution in [0, 0.1) is 0 Å². The largest absolute Gasteiger partial charge is 0.494 e. The van der Waals surface area contributed by atoms with E-state index in [1.54, 1.807) is 0 Å². The Balaban J connectivity index is 0.717. The molecule has 0 amide bonds. The second-order valence-electron chi connectivity index (χ2n) is 19.9. The van der Waals surface area contributed by atoms with Crippen molar-refractivity contribution in [2.24, 2.45) is 0 Å². The Morgan fingerprint density at radius 2 is 0.679 bits per heavy atom. The van der Waals surface area contributed by atoms with E-state index < -0.39 is 0 Å². The van der Waals surface area contributed by atoms with Crippen molar-refractivity contribution in [1.29, 1.82) is 0 Å². The number of aliphatic hydroxyl groups excluding tert-OH is 2. The van der Waals surface area contributed by atoms with Crippen molar-refractivity contribution < 1.29 is 38.6 Å². The van der Waals surface area contributed by atoms with Crippen LogP contribution in [-0.2, 0) is 65.6 Å². The van der Waals surface area contributed by atoms with Gasteiger partial charge in [-0.1, -0.05) is 146 Å². The summed E-state index contributed by atoms with van der Waals surface area (Å²) in [6, 6.07) is 65.1. The lowest BCUT2D eigenvalue weighted by Crippen LogP contribution is -2.28. The van der Waals surface area contributed by atoms with Gasteiger partial charge in [0.15, 0.2) is 0 Å². The molecule has 10 heteroatoms. The minimum Gasteiger partial charge on any atom is -0.494 e. The average molecular weight is 1050 g/mol. The molecule has 0 saturated carbocycles. The number of hydrogen-bond donors (Lipinski definition) is 4. The Hall–Kier alpha value is -7.60. The molecule has 8 aromatic carbocycles. The molecule has 0 aliphatic carbocycles. The van der Waals surface area contributed by atoms with E-state index in [0.717, 1.165) is 94.5 Å². The summed E-state index contributed by atoms with van der Waals surface area (Å²) >= 11 is 0. The highest BCUT2D eigenvalue weighted by Gasteiger charge is 2.18. The predicted octanol–water partition coefficient (Wildman–Crippen LogP) is 13.4. The smallest absolute Gasteiger partial charge is 0.128 e. The van der Waals surface area contributed by atoms with E-state index in [1.165, 1.54) is 11.1 Å². The van der Waals surface area contributed by atoms with E-state index in [1.807, 2.05) is 146 Å². The van der Waals surface area contributed by atoms with E-state index in [2.05, 4.69) is 73.0 Å².